The Labute approximate surface area is 114 Å². The van der Waals surface area contributed by atoms with Crippen LogP contribution in [0.2, 0.25) is 0 Å². The summed E-state index contributed by atoms with van der Waals surface area (Å²) in [6.07, 6.45) is 9.39. The van der Waals surface area contributed by atoms with Crippen LogP contribution in [0.15, 0.2) is 0 Å². The molecule has 0 saturated heterocycles. The lowest BCUT2D eigenvalue weighted by atomic mass is 9.76. The molecule has 0 amide bonds. The van der Waals surface area contributed by atoms with Gasteiger partial charge in [0.1, 0.15) is 0 Å². The molecule has 1 rings (SSSR count). The van der Waals surface area contributed by atoms with Crippen molar-refractivity contribution in [3.8, 4) is 0 Å². The molecule has 18 heavy (non-hydrogen) atoms. The Morgan fingerprint density at radius 3 is 2.50 bits per heavy atom. The third-order valence-corrected chi connectivity index (χ3v) is 4.40. The van der Waals surface area contributed by atoms with Gasteiger partial charge in [0.2, 0.25) is 0 Å². The Morgan fingerprint density at radius 2 is 1.83 bits per heavy atom. The molecule has 0 radical (unpaired) electrons. The standard InChI is InChI=1S/C16H33NO/c1-16(2,3)14-8-7-9-15(11-10-14)17-12-5-6-13-18-4/h14-15,17H,5-13H2,1-4H3. The van der Waals surface area contributed by atoms with Gasteiger partial charge >= 0.3 is 0 Å². The molecule has 0 aromatic carbocycles. The van der Waals surface area contributed by atoms with Crippen molar-refractivity contribution in [2.24, 2.45) is 11.3 Å². The van der Waals surface area contributed by atoms with Crippen LogP contribution < -0.4 is 5.32 Å². The number of unbranched alkanes of at least 4 members (excludes halogenated alkanes) is 1. The summed E-state index contributed by atoms with van der Waals surface area (Å²) in [5, 5.41) is 3.74. The normalized spacial score (nSPS) is 26.0. The first-order valence-corrected chi connectivity index (χ1v) is 7.76. The first kappa shape index (κ1) is 16.0. The Balaban J connectivity index is 2.17. The van der Waals surface area contributed by atoms with E-state index >= 15 is 0 Å². The maximum atomic E-state index is 5.08. The van der Waals surface area contributed by atoms with Crippen LogP contribution >= 0.6 is 0 Å². The highest BCUT2D eigenvalue weighted by Gasteiger charge is 2.27. The van der Waals surface area contributed by atoms with E-state index in [1.54, 1.807) is 7.11 Å². The lowest BCUT2D eigenvalue weighted by Gasteiger charge is -2.29. The van der Waals surface area contributed by atoms with Crippen molar-refractivity contribution in [2.75, 3.05) is 20.3 Å². The fourth-order valence-corrected chi connectivity index (χ4v) is 3.05. The van der Waals surface area contributed by atoms with Crippen molar-refractivity contribution in [3.05, 3.63) is 0 Å². The number of ether oxygens (including phenoxy) is 1. The highest BCUT2D eigenvalue weighted by Crippen LogP contribution is 2.36. The quantitative estimate of drug-likeness (QED) is 0.572. The van der Waals surface area contributed by atoms with E-state index in [0.29, 0.717) is 5.41 Å². The summed E-state index contributed by atoms with van der Waals surface area (Å²) in [4.78, 5) is 0. The molecular weight excluding hydrogens is 222 g/mol. The van der Waals surface area contributed by atoms with Gasteiger partial charge in [-0.15, -0.1) is 0 Å². The van der Waals surface area contributed by atoms with Gasteiger partial charge in [-0.05, 0) is 56.4 Å². The van der Waals surface area contributed by atoms with Crippen LogP contribution in [0.1, 0.15) is 65.7 Å². The van der Waals surface area contributed by atoms with Gasteiger partial charge in [-0.2, -0.15) is 0 Å². The van der Waals surface area contributed by atoms with E-state index in [0.717, 1.165) is 25.1 Å². The molecule has 1 aliphatic rings. The van der Waals surface area contributed by atoms with E-state index in [1.165, 1.54) is 44.9 Å². The second-order valence-corrected chi connectivity index (χ2v) is 6.92. The summed E-state index contributed by atoms with van der Waals surface area (Å²) in [5.74, 6) is 0.915. The van der Waals surface area contributed by atoms with Crippen LogP contribution in [0.3, 0.4) is 0 Å². The van der Waals surface area contributed by atoms with Crippen molar-refractivity contribution >= 4 is 0 Å². The van der Waals surface area contributed by atoms with Gasteiger partial charge in [-0.3, -0.25) is 0 Å². The van der Waals surface area contributed by atoms with Crippen LogP contribution in [0.4, 0.5) is 0 Å². The Hall–Kier alpha value is -0.0800. The molecule has 1 N–H and O–H groups in total. The first-order valence-electron chi connectivity index (χ1n) is 7.76. The van der Waals surface area contributed by atoms with E-state index in [2.05, 4.69) is 26.1 Å². The predicted molar refractivity (Wildman–Crippen MR) is 78.9 cm³/mol. The molecule has 0 aromatic rings. The van der Waals surface area contributed by atoms with Gasteiger partial charge in [0, 0.05) is 19.8 Å². The van der Waals surface area contributed by atoms with Crippen molar-refractivity contribution in [1.82, 2.24) is 5.32 Å². The zero-order valence-electron chi connectivity index (χ0n) is 12.9. The van der Waals surface area contributed by atoms with E-state index in [-0.39, 0.29) is 0 Å². The Morgan fingerprint density at radius 1 is 1.06 bits per heavy atom. The Bertz CT molecular complexity index is 210. The van der Waals surface area contributed by atoms with Crippen molar-refractivity contribution < 1.29 is 4.74 Å². The smallest absolute Gasteiger partial charge is 0.0462 e. The maximum Gasteiger partial charge on any atom is 0.0462 e. The third kappa shape index (κ3) is 6.19. The summed E-state index contributed by atoms with van der Waals surface area (Å²) < 4.78 is 5.08. The second kappa shape index (κ2) is 8.16. The van der Waals surface area contributed by atoms with Gasteiger partial charge in [0.05, 0.1) is 0 Å². The zero-order chi connectivity index (χ0) is 13.4. The van der Waals surface area contributed by atoms with Crippen molar-refractivity contribution in [1.29, 1.82) is 0 Å². The summed E-state index contributed by atoms with van der Waals surface area (Å²) in [7, 11) is 1.78. The van der Waals surface area contributed by atoms with Gasteiger partial charge < -0.3 is 10.1 Å². The predicted octanol–water partition coefficient (Wildman–Crippen LogP) is 4.00. The molecular formula is C16H33NO. The molecule has 0 bridgehead atoms. The van der Waals surface area contributed by atoms with Crippen LogP contribution in [0, 0.1) is 11.3 Å². The van der Waals surface area contributed by atoms with E-state index in [1.807, 2.05) is 0 Å². The minimum Gasteiger partial charge on any atom is -0.385 e. The molecule has 108 valence electrons. The summed E-state index contributed by atoms with van der Waals surface area (Å²) in [6, 6.07) is 0.764. The molecule has 2 unspecified atom stereocenters. The molecule has 2 heteroatoms. The molecule has 1 aliphatic carbocycles. The van der Waals surface area contributed by atoms with Crippen LogP contribution in [0.25, 0.3) is 0 Å². The SMILES string of the molecule is COCCCCNC1CCCC(C(C)(C)C)CC1. The van der Waals surface area contributed by atoms with E-state index in [4.69, 9.17) is 4.74 Å². The van der Waals surface area contributed by atoms with Crippen LogP contribution in [-0.4, -0.2) is 26.3 Å². The molecule has 1 fully saturated rings. The van der Waals surface area contributed by atoms with Gasteiger partial charge in [-0.25, -0.2) is 0 Å². The zero-order valence-corrected chi connectivity index (χ0v) is 12.9. The average molecular weight is 255 g/mol. The molecule has 0 aliphatic heterocycles. The first-order chi connectivity index (χ1) is 8.54. The van der Waals surface area contributed by atoms with Gasteiger partial charge in [0.15, 0.2) is 0 Å². The van der Waals surface area contributed by atoms with Gasteiger partial charge in [0.25, 0.3) is 0 Å². The summed E-state index contributed by atoms with van der Waals surface area (Å²) in [5.41, 5.74) is 0.493. The molecule has 2 atom stereocenters. The maximum absolute atomic E-state index is 5.08. The molecule has 1 saturated carbocycles. The van der Waals surface area contributed by atoms with Crippen LogP contribution in [-0.2, 0) is 4.74 Å². The minimum atomic E-state index is 0.493. The van der Waals surface area contributed by atoms with Gasteiger partial charge in [-0.1, -0.05) is 27.2 Å². The lowest BCUT2D eigenvalue weighted by molar-refractivity contribution is 0.192. The highest BCUT2D eigenvalue weighted by molar-refractivity contribution is 4.81. The second-order valence-electron chi connectivity index (χ2n) is 6.92. The molecule has 0 heterocycles. The largest absolute Gasteiger partial charge is 0.385 e. The number of rotatable bonds is 6. The highest BCUT2D eigenvalue weighted by atomic mass is 16.5. The minimum absolute atomic E-state index is 0.493. The number of hydrogen-bond acceptors (Lipinski definition) is 2. The number of methoxy groups -OCH3 is 1. The lowest BCUT2D eigenvalue weighted by Crippen LogP contribution is -2.29. The molecule has 0 spiro atoms. The van der Waals surface area contributed by atoms with E-state index in [9.17, 15) is 0 Å². The van der Waals surface area contributed by atoms with Crippen LogP contribution in [0.5, 0.6) is 0 Å². The fourth-order valence-electron chi connectivity index (χ4n) is 3.05. The summed E-state index contributed by atoms with van der Waals surface area (Å²) in [6.45, 7) is 9.26. The summed E-state index contributed by atoms with van der Waals surface area (Å²) >= 11 is 0. The Kier molecular flexibility index (Phi) is 7.25. The monoisotopic (exact) mass is 255 g/mol. The number of nitrogens with one attached hydrogen (secondary N) is 1. The average Bonchev–Trinajstić information content (AvgIpc) is 2.53. The number of hydrogen-bond donors (Lipinski definition) is 1. The molecule has 2 nitrogen and oxygen atoms in total. The molecule has 0 aromatic heterocycles. The third-order valence-electron chi connectivity index (χ3n) is 4.40. The fraction of sp³-hybridized carbons (Fsp3) is 1.00. The van der Waals surface area contributed by atoms with E-state index < -0.39 is 0 Å². The van der Waals surface area contributed by atoms with Crippen molar-refractivity contribution in [3.63, 3.8) is 0 Å². The van der Waals surface area contributed by atoms with Crippen molar-refractivity contribution in [2.45, 2.75) is 71.8 Å². The topological polar surface area (TPSA) is 21.3 Å².